The molecule has 23 heavy (non-hydrogen) atoms. The molecule has 2 aliphatic rings. The predicted octanol–water partition coefficient (Wildman–Crippen LogP) is 3.05. The molecule has 0 spiro atoms. The number of rotatable bonds is 5. The molecule has 0 amide bonds. The minimum Gasteiger partial charge on any atom is -0.497 e. The van der Waals surface area contributed by atoms with Crippen molar-refractivity contribution in [2.45, 2.75) is 64.1 Å². The van der Waals surface area contributed by atoms with Crippen molar-refractivity contribution >= 4 is 0 Å². The highest BCUT2D eigenvalue weighted by atomic mass is 16.5. The van der Waals surface area contributed by atoms with Gasteiger partial charge in [-0.05, 0) is 37.8 Å². The maximum Gasteiger partial charge on any atom is 0.127 e. The van der Waals surface area contributed by atoms with Gasteiger partial charge in [0.15, 0.2) is 0 Å². The van der Waals surface area contributed by atoms with E-state index in [1.165, 1.54) is 30.4 Å². The number of methoxy groups -OCH3 is 1. The van der Waals surface area contributed by atoms with Crippen LogP contribution in [-0.2, 0) is 13.0 Å². The van der Waals surface area contributed by atoms with E-state index in [-0.39, 0.29) is 12.7 Å². The molecule has 0 unspecified atom stereocenters. The Morgan fingerprint density at radius 2 is 2.09 bits per heavy atom. The van der Waals surface area contributed by atoms with E-state index in [4.69, 9.17) is 9.47 Å². The normalized spacial score (nSPS) is 27.2. The summed E-state index contributed by atoms with van der Waals surface area (Å²) in [5, 5.41) is 13.3. The summed E-state index contributed by atoms with van der Waals surface area (Å²) in [6.45, 7) is 3.16. The monoisotopic (exact) mass is 319 g/mol. The first-order valence-electron chi connectivity index (χ1n) is 8.92. The van der Waals surface area contributed by atoms with Crippen LogP contribution in [0, 0.1) is 5.92 Å². The molecule has 1 aliphatic heterocycles. The Kier molecular flexibility index (Phi) is 5.44. The first kappa shape index (κ1) is 16.6. The molecule has 0 saturated heterocycles. The summed E-state index contributed by atoms with van der Waals surface area (Å²) in [4.78, 5) is 0. The summed E-state index contributed by atoms with van der Waals surface area (Å²) in [5.41, 5.74) is 2.41. The zero-order chi connectivity index (χ0) is 16.2. The van der Waals surface area contributed by atoms with Crippen LogP contribution in [0.15, 0.2) is 12.1 Å². The fraction of sp³-hybridized carbons (Fsp3) is 0.684. The Bertz CT molecular complexity index is 532. The molecule has 1 aromatic rings. The molecule has 1 aliphatic carbocycles. The van der Waals surface area contributed by atoms with Crippen molar-refractivity contribution in [2.75, 3.05) is 13.7 Å². The van der Waals surface area contributed by atoms with Gasteiger partial charge in [0.25, 0.3) is 0 Å². The second-order valence-corrected chi connectivity index (χ2v) is 6.98. The van der Waals surface area contributed by atoms with Crippen LogP contribution in [0.3, 0.4) is 0 Å². The molecular formula is C19H29NO3. The number of nitrogens with one attached hydrogen (secondary N) is 1. The third-order valence-electron chi connectivity index (χ3n) is 5.23. The van der Waals surface area contributed by atoms with Gasteiger partial charge >= 0.3 is 0 Å². The molecule has 128 valence electrons. The van der Waals surface area contributed by atoms with E-state index in [9.17, 15) is 5.11 Å². The van der Waals surface area contributed by atoms with Crippen LogP contribution in [0.5, 0.6) is 11.5 Å². The highest BCUT2D eigenvalue weighted by Gasteiger charge is 2.26. The number of hydrogen-bond acceptors (Lipinski definition) is 4. The van der Waals surface area contributed by atoms with Gasteiger partial charge < -0.3 is 19.9 Å². The lowest BCUT2D eigenvalue weighted by atomic mass is 9.95. The van der Waals surface area contributed by atoms with Crippen LogP contribution in [0.25, 0.3) is 0 Å². The van der Waals surface area contributed by atoms with Crippen molar-refractivity contribution in [2.24, 2.45) is 5.92 Å². The van der Waals surface area contributed by atoms with Crippen LogP contribution in [0.1, 0.15) is 50.2 Å². The molecule has 1 heterocycles. The summed E-state index contributed by atoms with van der Waals surface area (Å²) >= 11 is 0. The van der Waals surface area contributed by atoms with Gasteiger partial charge in [-0.15, -0.1) is 0 Å². The largest absolute Gasteiger partial charge is 0.497 e. The SMILES string of the molecule is COc1cc(CN[C@@H]2CCCCC[C@@H]2CO)c2c(c1)C[C@H](C)O2. The Balaban J connectivity index is 1.73. The van der Waals surface area contributed by atoms with Crippen molar-refractivity contribution in [1.82, 2.24) is 5.32 Å². The summed E-state index contributed by atoms with van der Waals surface area (Å²) in [6.07, 6.45) is 7.22. The van der Waals surface area contributed by atoms with Crippen LogP contribution in [0.2, 0.25) is 0 Å². The third kappa shape index (κ3) is 3.81. The van der Waals surface area contributed by atoms with E-state index in [2.05, 4.69) is 24.4 Å². The van der Waals surface area contributed by atoms with Crippen molar-refractivity contribution in [3.63, 3.8) is 0 Å². The van der Waals surface area contributed by atoms with Gasteiger partial charge in [0.05, 0.1) is 7.11 Å². The minimum absolute atomic E-state index is 0.235. The van der Waals surface area contributed by atoms with Crippen LogP contribution in [-0.4, -0.2) is 31.0 Å². The average molecular weight is 319 g/mol. The van der Waals surface area contributed by atoms with Gasteiger partial charge in [0.1, 0.15) is 17.6 Å². The fourth-order valence-corrected chi connectivity index (χ4v) is 3.94. The van der Waals surface area contributed by atoms with E-state index in [0.29, 0.717) is 12.0 Å². The molecule has 0 aromatic heterocycles. The standard InChI is InChI=1S/C19H29NO3/c1-13-8-15-9-17(22-2)10-16(19(15)23-13)11-20-18-7-5-3-4-6-14(18)12-21/h9-10,13-14,18,20-21H,3-8,11-12H2,1-2H3/t13-,14+,18+/m0/s1. The average Bonchev–Trinajstić information content (AvgIpc) is 2.79. The second-order valence-electron chi connectivity index (χ2n) is 6.98. The molecule has 1 saturated carbocycles. The van der Waals surface area contributed by atoms with Gasteiger partial charge in [-0.2, -0.15) is 0 Å². The lowest BCUT2D eigenvalue weighted by molar-refractivity contribution is 0.180. The van der Waals surface area contributed by atoms with E-state index in [1.807, 2.05) is 0 Å². The number of benzene rings is 1. The molecule has 3 atom stereocenters. The highest BCUT2D eigenvalue weighted by Crippen LogP contribution is 2.36. The second kappa shape index (κ2) is 7.54. The molecule has 4 heteroatoms. The summed E-state index contributed by atoms with van der Waals surface area (Å²) < 4.78 is 11.5. The predicted molar refractivity (Wildman–Crippen MR) is 91.1 cm³/mol. The molecule has 4 nitrogen and oxygen atoms in total. The Morgan fingerprint density at radius 3 is 2.87 bits per heavy atom. The lowest BCUT2D eigenvalue weighted by Crippen LogP contribution is -2.37. The highest BCUT2D eigenvalue weighted by molar-refractivity contribution is 5.49. The summed E-state index contributed by atoms with van der Waals surface area (Å²) in [6, 6.07) is 4.56. The van der Waals surface area contributed by atoms with Gasteiger partial charge in [-0.3, -0.25) is 0 Å². The number of hydrogen-bond donors (Lipinski definition) is 2. The smallest absolute Gasteiger partial charge is 0.127 e. The van der Waals surface area contributed by atoms with Gasteiger partial charge in [-0.1, -0.05) is 19.3 Å². The van der Waals surface area contributed by atoms with Gasteiger partial charge in [0.2, 0.25) is 0 Å². The Morgan fingerprint density at radius 1 is 1.26 bits per heavy atom. The van der Waals surface area contributed by atoms with E-state index < -0.39 is 0 Å². The quantitative estimate of drug-likeness (QED) is 0.819. The molecule has 0 bridgehead atoms. The maximum absolute atomic E-state index is 9.67. The Labute approximate surface area is 139 Å². The first-order chi connectivity index (χ1) is 11.2. The number of ether oxygens (including phenoxy) is 2. The van der Waals surface area contributed by atoms with E-state index in [1.54, 1.807) is 7.11 Å². The zero-order valence-corrected chi connectivity index (χ0v) is 14.3. The van der Waals surface area contributed by atoms with Crippen molar-refractivity contribution < 1.29 is 14.6 Å². The van der Waals surface area contributed by atoms with E-state index >= 15 is 0 Å². The number of aliphatic hydroxyl groups excluding tert-OH is 1. The van der Waals surface area contributed by atoms with Gasteiger partial charge in [-0.25, -0.2) is 0 Å². The minimum atomic E-state index is 0.235. The van der Waals surface area contributed by atoms with E-state index in [0.717, 1.165) is 37.3 Å². The van der Waals surface area contributed by atoms with Gasteiger partial charge in [0, 0.05) is 36.7 Å². The van der Waals surface area contributed by atoms with Crippen LogP contribution in [0.4, 0.5) is 0 Å². The summed E-state index contributed by atoms with van der Waals surface area (Å²) in [7, 11) is 1.71. The molecule has 2 N–H and O–H groups in total. The summed E-state index contributed by atoms with van der Waals surface area (Å²) in [5.74, 6) is 2.30. The number of fused-ring (bicyclic) bond motifs is 1. The first-order valence-corrected chi connectivity index (χ1v) is 8.92. The van der Waals surface area contributed by atoms with Crippen LogP contribution >= 0.6 is 0 Å². The molecule has 3 rings (SSSR count). The van der Waals surface area contributed by atoms with Crippen molar-refractivity contribution in [3.05, 3.63) is 23.3 Å². The maximum atomic E-state index is 9.67. The third-order valence-corrected chi connectivity index (χ3v) is 5.23. The molecule has 1 fully saturated rings. The van der Waals surface area contributed by atoms with Crippen molar-refractivity contribution in [1.29, 1.82) is 0 Å². The topological polar surface area (TPSA) is 50.7 Å². The number of aliphatic hydroxyl groups is 1. The van der Waals surface area contributed by atoms with Crippen molar-refractivity contribution in [3.8, 4) is 11.5 Å². The Hall–Kier alpha value is -1.26. The van der Waals surface area contributed by atoms with Crippen LogP contribution < -0.4 is 14.8 Å². The molecular weight excluding hydrogens is 290 g/mol. The fourth-order valence-electron chi connectivity index (χ4n) is 3.94. The lowest BCUT2D eigenvalue weighted by Gasteiger charge is -2.25. The molecule has 1 aromatic carbocycles. The zero-order valence-electron chi connectivity index (χ0n) is 14.3. The molecule has 0 radical (unpaired) electrons.